The molecule has 16 heavy (non-hydrogen) atoms. The summed E-state index contributed by atoms with van der Waals surface area (Å²) < 4.78 is 5.16. The Labute approximate surface area is 95.0 Å². The van der Waals surface area contributed by atoms with Crippen molar-refractivity contribution in [2.45, 2.75) is 51.7 Å². The maximum absolute atomic E-state index is 11.9. The molecule has 1 aliphatic rings. The second kappa shape index (κ2) is 4.05. The van der Waals surface area contributed by atoms with E-state index < -0.39 is 23.0 Å². The van der Waals surface area contributed by atoms with Crippen LogP contribution in [0.1, 0.15) is 40.0 Å². The Morgan fingerprint density at radius 2 is 2.00 bits per heavy atom. The van der Waals surface area contributed by atoms with Gasteiger partial charge in [0.05, 0.1) is 0 Å². The van der Waals surface area contributed by atoms with E-state index in [9.17, 15) is 14.7 Å². The lowest BCUT2D eigenvalue weighted by Gasteiger charge is -2.27. The number of carboxylic acid groups (broad SMARTS) is 1. The third-order valence-electron chi connectivity index (χ3n) is 2.75. The molecule has 92 valence electrons. The minimum atomic E-state index is -1.44. The molecule has 1 fully saturated rings. The third kappa shape index (κ3) is 2.52. The maximum Gasteiger partial charge on any atom is 0.324 e. The Kier molecular flexibility index (Phi) is 3.28. The normalized spacial score (nSPS) is 30.1. The molecule has 0 bridgehead atoms. The Hall–Kier alpha value is -1.10. The van der Waals surface area contributed by atoms with Crippen LogP contribution in [0.15, 0.2) is 0 Å². The zero-order chi connectivity index (χ0) is 12.6. The van der Waals surface area contributed by atoms with Crippen LogP contribution >= 0.6 is 0 Å². The van der Waals surface area contributed by atoms with Crippen LogP contribution in [0.4, 0.5) is 0 Å². The summed E-state index contributed by atoms with van der Waals surface area (Å²) in [5.41, 5.74) is 3.57. The van der Waals surface area contributed by atoms with Crippen LogP contribution in [0.25, 0.3) is 0 Å². The second-order valence-electron chi connectivity index (χ2n) is 5.39. The minimum Gasteiger partial charge on any atom is -0.480 e. The first-order valence-electron chi connectivity index (χ1n) is 5.40. The number of ether oxygens (including phenoxy) is 1. The quantitative estimate of drug-likeness (QED) is 0.542. The van der Waals surface area contributed by atoms with Crippen molar-refractivity contribution in [3.63, 3.8) is 0 Å². The zero-order valence-electron chi connectivity index (χ0n) is 9.95. The molecule has 0 amide bonds. The van der Waals surface area contributed by atoms with Gasteiger partial charge in [0.2, 0.25) is 0 Å². The Morgan fingerprint density at radius 3 is 2.31 bits per heavy atom. The fourth-order valence-corrected chi connectivity index (χ4v) is 1.93. The molecule has 0 saturated heterocycles. The van der Waals surface area contributed by atoms with Crippen LogP contribution in [0.2, 0.25) is 0 Å². The largest absolute Gasteiger partial charge is 0.480 e. The van der Waals surface area contributed by atoms with Crippen LogP contribution < -0.4 is 5.73 Å². The topological polar surface area (TPSA) is 89.6 Å². The molecule has 3 N–H and O–H groups in total. The van der Waals surface area contributed by atoms with Crippen molar-refractivity contribution in [3.05, 3.63) is 0 Å². The van der Waals surface area contributed by atoms with Gasteiger partial charge in [-0.2, -0.15) is 0 Å². The van der Waals surface area contributed by atoms with Crippen molar-refractivity contribution in [2.24, 2.45) is 11.1 Å². The van der Waals surface area contributed by atoms with Crippen molar-refractivity contribution in [2.75, 3.05) is 0 Å². The number of carbonyl (C=O) groups is 2. The highest BCUT2D eigenvalue weighted by Gasteiger charge is 2.53. The van der Waals surface area contributed by atoms with Crippen LogP contribution in [-0.2, 0) is 14.3 Å². The average Bonchev–Trinajstić information content (AvgIpc) is 2.45. The van der Waals surface area contributed by atoms with Gasteiger partial charge in [0.1, 0.15) is 5.60 Å². The molecular weight excluding hydrogens is 210 g/mol. The lowest BCUT2D eigenvalue weighted by molar-refractivity contribution is -0.176. The van der Waals surface area contributed by atoms with Gasteiger partial charge in [-0.3, -0.25) is 9.59 Å². The third-order valence-corrected chi connectivity index (χ3v) is 2.75. The molecule has 2 atom stereocenters. The van der Waals surface area contributed by atoms with E-state index in [1.165, 1.54) is 0 Å². The van der Waals surface area contributed by atoms with E-state index in [2.05, 4.69) is 0 Å². The summed E-state index contributed by atoms with van der Waals surface area (Å²) in [6.45, 7) is 5.15. The molecule has 5 heteroatoms. The molecular formula is C11H19NO4. The van der Waals surface area contributed by atoms with Gasteiger partial charge in [0.15, 0.2) is 5.41 Å². The van der Waals surface area contributed by atoms with E-state index in [0.29, 0.717) is 6.42 Å². The summed E-state index contributed by atoms with van der Waals surface area (Å²) in [6, 6.07) is -0.233. The zero-order valence-corrected chi connectivity index (χ0v) is 9.95. The van der Waals surface area contributed by atoms with Crippen molar-refractivity contribution >= 4 is 11.9 Å². The number of hydrogen-bond acceptors (Lipinski definition) is 4. The molecule has 1 saturated carbocycles. The monoisotopic (exact) mass is 229 g/mol. The van der Waals surface area contributed by atoms with Crippen molar-refractivity contribution in [1.82, 2.24) is 0 Å². The molecule has 0 radical (unpaired) electrons. The summed E-state index contributed by atoms with van der Waals surface area (Å²) in [6.07, 6.45) is 0.973. The maximum atomic E-state index is 11.9. The highest BCUT2D eigenvalue weighted by atomic mass is 16.6. The van der Waals surface area contributed by atoms with Crippen LogP contribution in [0.3, 0.4) is 0 Å². The number of carbonyl (C=O) groups excluding carboxylic acids is 1. The van der Waals surface area contributed by atoms with Gasteiger partial charge in [-0.1, -0.05) is 0 Å². The Balaban J connectivity index is 2.88. The smallest absolute Gasteiger partial charge is 0.324 e. The molecule has 1 aliphatic carbocycles. The summed E-state index contributed by atoms with van der Waals surface area (Å²) in [7, 11) is 0. The highest BCUT2D eigenvalue weighted by Crippen LogP contribution is 2.39. The van der Waals surface area contributed by atoms with Gasteiger partial charge in [-0.15, -0.1) is 0 Å². The minimum absolute atomic E-state index is 0.164. The van der Waals surface area contributed by atoms with E-state index in [1.807, 2.05) is 0 Å². The van der Waals surface area contributed by atoms with E-state index in [-0.39, 0.29) is 18.9 Å². The lowest BCUT2D eigenvalue weighted by Crippen LogP contribution is -2.42. The number of carboxylic acids is 1. The highest BCUT2D eigenvalue weighted by molar-refractivity contribution is 5.99. The number of aliphatic carboxylic acids is 1. The molecule has 0 unspecified atom stereocenters. The Morgan fingerprint density at radius 1 is 1.44 bits per heavy atom. The predicted molar refractivity (Wildman–Crippen MR) is 57.7 cm³/mol. The van der Waals surface area contributed by atoms with Gasteiger partial charge < -0.3 is 15.6 Å². The van der Waals surface area contributed by atoms with Crippen molar-refractivity contribution < 1.29 is 19.4 Å². The summed E-state index contributed by atoms with van der Waals surface area (Å²) in [5.74, 6) is -1.80. The first-order valence-corrected chi connectivity index (χ1v) is 5.40. The van der Waals surface area contributed by atoms with E-state index in [1.54, 1.807) is 20.8 Å². The molecule has 0 aromatic rings. The first-order chi connectivity index (χ1) is 7.17. The van der Waals surface area contributed by atoms with Gasteiger partial charge >= 0.3 is 11.9 Å². The van der Waals surface area contributed by atoms with Crippen molar-refractivity contribution in [3.8, 4) is 0 Å². The fraction of sp³-hybridized carbons (Fsp3) is 0.818. The second-order valence-corrected chi connectivity index (χ2v) is 5.39. The van der Waals surface area contributed by atoms with Gasteiger partial charge in [0.25, 0.3) is 0 Å². The Bertz CT molecular complexity index is 308. The summed E-state index contributed by atoms with van der Waals surface area (Å²) in [4.78, 5) is 23.2. The fourth-order valence-electron chi connectivity index (χ4n) is 1.93. The lowest BCUT2D eigenvalue weighted by atomic mass is 9.86. The number of rotatable bonds is 2. The number of nitrogens with two attached hydrogens (primary N) is 1. The predicted octanol–water partition coefficient (Wildman–Crippen LogP) is 0.910. The summed E-state index contributed by atoms with van der Waals surface area (Å²) >= 11 is 0. The molecule has 0 heterocycles. The van der Waals surface area contributed by atoms with Crippen LogP contribution in [0.5, 0.6) is 0 Å². The number of esters is 1. The van der Waals surface area contributed by atoms with Crippen LogP contribution in [0, 0.1) is 5.41 Å². The molecule has 0 aliphatic heterocycles. The summed E-state index contributed by atoms with van der Waals surface area (Å²) in [5, 5.41) is 9.19. The molecule has 5 nitrogen and oxygen atoms in total. The molecule has 0 aromatic heterocycles. The van der Waals surface area contributed by atoms with Gasteiger partial charge in [-0.05, 0) is 40.0 Å². The standard InChI is InChI=1S/C11H19NO4/c1-10(2,3)16-9(15)11(8(13)14)5-4-7(12)6-11/h7H,4-6,12H2,1-3H3,(H,13,14)/t7-,11+/m1/s1. The van der Waals surface area contributed by atoms with Gasteiger partial charge in [0, 0.05) is 6.04 Å². The molecule has 0 spiro atoms. The van der Waals surface area contributed by atoms with E-state index >= 15 is 0 Å². The number of hydrogen-bond donors (Lipinski definition) is 2. The first kappa shape index (κ1) is 13.0. The van der Waals surface area contributed by atoms with Crippen molar-refractivity contribution in [1.29, 1.82) is 0 Å². The van der Waals surface area contributed by atoms with E-state index in [0.717, 1.165) is 0 Å². The van der Waals surface area contributed by atoms with E-state index in [4.69, 9.17) is 10.5 Å². The molecule has 1 rings (SSSR count). The van der Waals surface area contributed by atoms with Gasteiger partial charge in [-0.25, -0.2) is 0 Å². The molecule has 0 aromatic carbocycles. The van der Waals surface area contributed by atoms with Crippen LogP contribution in [-0.4, -0.2) is 28.7 Å². The average molecular weight is 229 g/mol. The SMILES string of the molecule is CC(C)(C)OC(=O)[C@@]1(C(=O)O)CC[C@@H](N)C1.